The van der Waals surface area contributed by atoms with Gasteiger partial charge in [-0.25, -0.2) is 19.7 Å². The van der Waals surface area contributed by atoms with Crippen LogP contribution in [-0.2, 0) is 31.8 Å². The van der Waals surface area contributed by atoms with E-state index < -0.39 is 5.69 Å². The summed E-state index contributed by atoms with van der Waals surface area (Å²) in [5.74, 6) is 0.688. The van der Waals surface area contributed by atoms with Crippen LogP contribution in [0.5, 0.6) is 0 Å². The van der Waals surface area contributed by atoms with Crippen molar-refractivity contribution in [2.45, 2.75) is 26.3 Å². The molecule has 0 N–H and O–H groups in total. The Kier molecular flexibility index (Phi) is 5.27. The first kappa shape index (κ1) is 18.0. The van der Waals surface area contributed by atoms with Crippen molar-refractivity contribution >= 4 is 11.2 Å². The molecule has 3 aromatic heterocycles. The zero-order valence-corrected chi connectivity index (χ0v) is 15.2. The standard InChI is InChI=1S/C17H22N6O3/c1-4-8-26-9-6-13-20-15-14(16(24)22(3)17(25)21(15)2)23(13)10-12-5-7-18-11-19-12/h5,7,11H,4,6,8-10H2,1-3H3. The number of ether oxygens (including phenoxy) is 1. The van der Waals surface area contributed by atoms with Crippen LogP contribution in [0.15, 0.2) is 28.2 Å². The summed E-state index contributed by atoms with van der Waals surface area (Å²) in [6.07, 6.45) is 4.59. The molecule has 0 aliphatic carbocycles. The first-order valence-corrected chi connectivity index (χ1v) is 8.52. The Labute approximate surface area is 149 Å². The predicted octanol–water partition coefficient (Wildman–Crippen LogP) is 0.241. The smallest absolute Gasteiger partial charge is 0.332 e. The van der Waals surface area contributed by atoms with Crippen LogP contribution in [0.25, 0.3) is 11.2 Å². The fourth-order valence-corrected chi connectivity index (χ4v) is 2.84. The van der Waals surface area contributed by atoms with E-state index in [4.69, 9.17) is 4.74 Å². The van der Waals surface area contributed by atoms with Crippen LogP contribution in [0.2, 0.25) is 0 Å². The van der Waals surface area contributed by atoms with Gasteiger partial charge in [-0.1, -0.05) is 6.92 Å². The third kappa shape index (κ3) is 3.30. The van der Waals surface area contributed by atoms with Gasteiger partial charge in [0, 0.05) is 33.3 Å². The van der Waals surface area contributed by atoms with Crippen LogP contribution >= 0.6 is 0 Å². The number of aromatic nitrogens is 6. The molecule has 3 rings (SSSR count). The van der Waals surface area contributed by atoms with E-state index in [1.807, 2.05) is 11.5 Å². The van der Waals surface area contributed by atoms with Crippen molar-refractivity contribution in [3.63, 3.8) is 0 Å². The second kappa shape index (κ2) is 7.61. The second-order valence-corrected chi connectivity index (χ2v) is 6.06. The molecule has 0 amide bonds. The minimum absolute atomic E-state index is 0.370. The number of hydrogen-bond donors (Lipinski definition) is 0. The van der Waals surface area contributed by atoms with E-state index in [9.17, 15) is 9.59 Å². The van der Waals surface area contributed by atoms with E-state index >= 15 is 0 Å². The Bertz CT molecular complexity index is 1020. The van der Waals surface area contributed by atoms with E-state index in [0.29, 0.717) is 43.2 Å². The fourth-order valence-electron chi connectivity index (χ4n) is 2.84. The van der Waals surface area contributed by atoms with Gasteiger partial charge >= 0.3 is 5.69 Å². The van der Waals surface area contributed by atoms with Gasteiger partial charge in [0.05, 0.1) is 18.8 Å². The quantitative estimate of drug-likeness (QED) is 0.561. The van der Waals surface area contributed by atoms with Gasteiger partial charge in [0.25, 0.3) is 5.56 Å². The third-order valence-electron chi connectivity index (χ3n) is 4.21. The molecule has 3 heterocycles. The summed E-state index contributed by atoms with van der Waals surface area (Å²) in [6.45, 7) is 3.58. The Morgan fingerprint density at radius 2 is 1.96 bits per heavy atom. The molecule has 3 aromatic rings. The van der Waals surface area contributed by atoms with Crippen molar-refractivity contribution in [3.05, 3.63) is 50.9 Å². The van der Waals surface area contributed by atoms with E-state index in [-0.39, 0.29) is 5.56 Å². The number of fused-ring (bicyclic) bond motifs is 1. The Balaban J connectivity index is 2.13. The highest BCUT2D eigenvalue weighted by Crippen LogP contribution is 2.14. The Hall–Kier alpha value is -2.81. The van der Waals surface area contributed by atoms with Crippen molar-refractivity contribution in [2.24, 2.45) is 14.1 Å². The maximum absolute atomic E-state index is 12.7. The molecule has 138 valence electrons. The van der Waals surface area contributed by atoms with Gasteiger partial charge in [-0.3, -0.25) is 13.9 Å². The summed E-state index contributed by atoms with van der Waals surface area (Å²) in [7, 11) is 3.08. The number of imidazole rings is 1. The van der Waals surface area contributed by atoms with Gasteiger partial charge in [-0.15, -0.1) is 0 Å². The molecule has 0 unspecified atom stereocenters. The average molecular weight is 358 g/mol. The van der Waals surface area contributed by atoms with Crippen LogP contribution in [0.3, 0.4) is 0 Å². The molecule has 0 saturated carbocycles. The normalized spacial score (nSPS) is 11.3. The predicted molar refractivity (Wildman–Crippen MR) is 96.2 cm³/mol. The molecular formula is C17H22N6O3. The van der Waals surface area contributed by atoms with Crippen LogP contribution in [-0.4, -0.2) is 41.9 Å². The summed E-state index contributed by atoms with van der Waals surface area (Å²) in [5, 5.41) is 0. The molecule has 0 aliphatic heterocycles. The highest BCUT2D eigenvalue weighted by atomic mass is 16.5. The van der Waals surface area contributed by atoms with Crippen LogP contribution in [0, 0.1) is 0 Å². The number of nitrogens with zero attached hydrogens (tertiary/aromatic N) is 6. The molecular weight excluding hydrogens is 336 g/mol. The Morgan fingerprint density at radius 1 is 1.15 bits per heavy atom. The topological polar surface area (TPSA) is 96.8 Å². The largest absolute Gasteiger partial charge is 0.381 e. The van der Waals surface area contributed by atoms with Crippen molar-refractivity contribution in [2.75, 3.05) is 13.2 Å². The maximum atomic E-state index is 12.7. The van der Waals surface area contributed by atoms with Crippen molar-refractivity contribution in [1.29, 1.82) is 0 Å². The van der Waals surface area contributed by atoms with Gasteiger partial charge in [-0.2, -0.15) is 0 Å². The van der Waals surface area contributed by atoms with Gasteiger partial charge in [0.2, 0.25) is 0 Å². The summed E-state index contributed by atoms with van der Waals surface area (Å²) in [4.78, 5) is 37.7. The molecule has 9 heteroatoms. The van der Waals surface area contributed by atoms with Crippen molar-refractivity contribution < 1.29 is 4.74 Å². The fraction of sp³-hybridized carbons (Fsp3) is 0.471. The molecule has 0 atom stereocenters. The summed E-state index contributed by atoms with van der Waals surface area (Å²) >= 11 is 0. The first-order valence-electron chi connectivity index (χ1n) is 8.52. The SMILES string of the molecule is CCCOCCc1nc2c(c(=O)n(C)c(=O)n2C)n1Cc1ccncn1. The number of hydrogen-bond acceptors (Lipinski definition) is 6. The lowest BCUT2D eigenvalue weighted by Gasteiger charge is -2.09. The monoisotopic (exact) mass is 358 g/mol. The highest BCUT2D eigenvalue weighted by molar-refractivity contribution is 5.71. The lowest BCUT2D eigenvalue weighted by Crippen LogP contribution is -2.37. The molecule has 0 aromatic carbocycles. The molecule has 0 radical (unpaired) electrons. The van der Waals surface area contributed by atoms with Crippen LogP contribution in [0.1, 0.15) is 24.9 Å². The zero-order chi connectivity index (χ0) is 18.7. The van der Waals surface area contributed by atoms with Gasteiger partial charge in [0.1, 0.15) is 12.2 Å². The van der Waals surface area contributed by atoms with E-state index in [1.54, 1.807) is 19.3 Å². The minimum Gasteiger partial charge on any atom is -0.381 e. The van der Waals surface area contributed by atoms with E-state index in [2.05, 4.69) is 15.0 Å². The zero-order valence-electron chi connectivity index (χ0n) is 15.2. The molecule has 9 nitrogen and oxygen atoms in total. The molecule has 0 saturated heterocycles. The van der Waals surface area contributed by atoms with Crippen LogP contribution in [0.4, 0.5) is 0 Å². The molecule has 0 spiro atoms. The summed E-state index contributed by atoms with van der Waals surface area (Å²) < 4.78 is 9.87. The van der Waals surface area contributed by atoms with Gasteiger partial charge in [-0.05, 0) is 12.5 Å². The third-order valence-corrected chi connectivity index (χ3v) is 4.21. The Morgan fingerprint density at radius 3 is 2.65 bits per heavy atom. The summed E-state index contributed by atoms with van der Waals surface area (Å²) in [5.41, 5.74) is 0.746. The van der Waals surface area contributed by atoms with Crippen molar-refractivity contribution in [1.82, 2.24) is 28.7 Å². The van der Waals surface area contributed by atoms with Crippen LogP contribution < -0.4 is 11.2 Å². The molecule has 0 fully saturated rings. The minimum atomic E-state index is -0.400. The van der Waals surface area contributed by atoms with E-state index in [1.165, 1.54) is 17.9 Å². The molecule has 26 heavy (non-hydrogen) atoms. The highest BCUT2D eigenvalue weighted by Gasteiger charge is 2.19. The second-order valence-electron chi connectivity index (χ2n) is 6.06. The van der Waals surface area contributed by atoms with Gasteiger partial charge in [0.15, 0.2) is 11.2 Å². The maximum Gasteiger partial charge on any atom is 0.332 e. The lowest BCUT2D eigenvalue weighted by molar-refractivity contribution is 0.136. The molecule has 0 bridgehead atoms. The molecule has 0 aliphatic rings. The average Bonchev–Trinajstić information content (AvgIpc) is 3.01. The first-order chi connectivity index (χ1) is 12.5. The van der Waals surface area contributed by atoms with Crippen molar-refractivity contribution in [3.8, 4) is 0 Å². The number of rotatable bonds is 7. The number of aryl methyl sites for hydroxylation is 1. The van der Waals surface area contributed by atoms with Gasteiger partial charge < -0.3 is 9.30 Å². The van der Waals surface area contributed by atoms with E-state index in [0.717, 1.165) is 16.7 Å². The summed E-state index contributed by atoms with van der Waals surface area (Å²) in [6, 6.07) is 1.79. The lowest BCUT2D eigenvalue weighted by atomic mass is 10.3.